The number of hydrogen-bond donors (Lipinski definition) is 1. The largest absolute Gasteiger partial charge is 0.478 e. The molecule has 0 aliphatic carbocycles. The Balaban J connectivity index is 1.00. The Morgan fingerprint density at radius 2 is 1.95 bits per heavy atom. The number of rotatable bonds is 9. The fraction of sp³-hybridized carbons (Fsp3) is 0.355. The van der Waals surface area contributed by atoms with Gasteiger partial charge in [0.2, 0.25) is 5.88 Å². The van der Waals surface area contributed by atoms with Crippen LogP contribution in [-0.4, -0.2) is 65.7 Å². The Morgan fingerprint density at radius 1 is 1.07 bits per heavy atom. The van der Waals surface area contributed by atoms with Crippen LogP contribution < -0.4 is 4.74 Å². The van der Waals surface area contributed by atoms with E-state index in [9.17, 15) is 9.90 Å². The summed E-state index contributed by atoms with van der Waals surface area (Å²) < 4.78 is 15.9. The average Bonchev–Trinajstić information content (AvgIpc) is 3.57. The number of imidazole rings is 2. The van der Waals surface area contributed by atoms with Crippen molar-refractivity contribution in [1.29, 1.82) is 0 Å². The van der Waals surface area contributed by atoms with E-state index >= 15 is 0 Å². The van der Waals surface area contributed by atoms with Gasteiger partial charge in [-0.05, 0) is 62.7 Å². The van der Waals surface area contributed by atoms with Crippen molar-refractivity contribution in [3.8, 4) is 5.88 Å². The lowest BCUT2D eigenvalue weighted by Gasteiger charge is -2.32. The number of carboxylic acids is 1. The Bertz CT molecular complexity index is 1700. The van der Waals surface area contributed by atoms with Crippen molar-refractivity contribution < 1.29 is 19.4 Å². The van der Waals surface area contributed by atoms with Crippen molar-refractivity contribution in [1.82, 2.24) is 28.8 Å². The van der Waals surface area contributed by atoms with E-state index in [0.29, 0.717) is 31.5 Å². The number of likely N-dealkylation sites (tertiary alicyclic amines) is 1. The molecule has 41 heavy (non-hydrogen) atoms. The van der Waals surface area contributed by atoms with Crippen LogP contribution in [0.5, 0.6) is 5.88 Å². The van der Waals surface area contributed by atoms with Crippen molar-refractivity contribution in [2.24, 2.45) is 0 Å². The molecule has 0 spiro atoms. The van der Waals surface area contributed by atoms with Gasteiger partial charge in [-0.3, -0.25) is 4.90 Å². The summed E-state index contributed by atoms with van der Waals surface area (Å²) in [5.74, 6) is 1.04. The number of carbonyl (C=O) groups is 1. The summed E-state index contributed by atoms with van der Waals surface area (Å²) in [6, 6.07) is 15.3. The van der Waals surface area contributed by atoms with Crippen molar-refractivity contribution in [2.75, 3.05) is 19.7 Å². The fourth-order valence-corrected chi connectivity index (χ4v) is 5.80. The first kappa shape index (κ1) is 25.7. The molecule has 2 saturated heterocycles. The second kappa shape index (κ2) is 10.9. The second-order valence-electron chi connectivity index (χ2n) is 10.9. The molecular weight excluding hydrogens is 520 g/mol. The highest BCUT2D eigenvalue weighted by atomic mass is 16.5. The first-order chi connectivity index (χ1) is 20.1. The van der Waals surface area contributed by atoms with E-state index in [1.807, 2.05) is 41.1 Å². The molecule has 7 rings (SSSR count). The molecule has 1 atom stereocenters. The standard InChI is InChI=1S/C31H32N6O4/c38-31(39)23-5-7-27-28(14-23)37(17-25-10-13-40-25)29(33-27)18-35-11-8-22(9-12-35)26-2-1-3-30(34-26)41-19-21-4-6-24-15-32-20-36(24)16-21/h1-7,14-16,20,22,25H,8-13,17-19H2,(H,38,39). The molecule has 2 aliphatic heterocycles. The van der Waals surface area contributed by atoms with Crippen molar-refractivity contribution in [3.63, 3.8) is 0 Å². The average molecular weight is 553 g/mol. The van der Waals surface area contributed by atoms with E-state index in [2.05, 4.69) is 26.6 Å². The number of benzene rings is 1. The molecule has 4 aromatic heterocycles. The highest BCUT2D eigenvalue weighted by Gasteiger charge is 2.26. The zero-order valence-electron chi connectivity index (χ0n) is 22.7. The number of aromatic nitrogens is 5. The van der Waals surface area contributed by atoms with Crippen molar-refractivity contribution >= 4 is 22.5 Å². The molecule has 1 N–H and O–H groups in total. The normalized spacial score (nSPS) is 18.1. The molecule has 1 unspecified atom stereocenters. The number of nitrogens with zero attached hydrogens (tertiary/aromatic N) is 6. The number of ether oxygens (including phenoxy) is 2. The van der Waals surface area contributed by atoms with Crippen LogP contribution in [0.3, 0.4) is 0 Å². The topological polar surface area (TPSA) is 107 Å². The molecule has 10 heteroatoms. The predicted octanol–water partition coefficient (Wildman–Crippen LogP) is 4.52. The maximum absolute atomic E-state index is 11.6. The lowest BCUT2D eigenvalue weighted by Crippen LogP contribution is -2.35. The maximum Gasteiger partial charge on any atom is 0.335 e. The smallest absolute Gasteiger partial charge is 0.335 e. The number of fused-ring (bicyclic) bond motifs is 2. The molecule has 1 aromatic carbocycles. The lowest BCUT2D eigenvalue weighted by atomic mass is 9.93. The van der Waals surface area contributed by atoms with E-state index in [0.717, 1.165) is 72.6 Å². The van der Waals surface area contributed by atoms with Crippen LogP contribution in [0.2, 0.25) is 0 Å². The molecule has 6 heterocycles. The van der Waals surface area contributed by atoms with Gasteiger partial charge in [0.1, 0.15) is 12.4 Å². The van der Waals surface area contributed by atoms with Crippen LogP contribution in [0.4, 0.5) is 0 Å². The molecular formula is C31H32N6O4. The lowest BCUT2D eigenvalue weighted by molar-refractivity contribution is -0.0592. The van der Waals surface area contributed by atoms with E-state index in [1.165, 1.54) is 0 Å². The number of piperidine rings is 1. The van der Waals surface area contributed by atoms with Gasteiger partial charge in [0.15, 0.2) is 0 Å². The maximum atomic E-state index is 11.6. The van der Waals surface area contributed by atoms with E-state index < -0.39 is 5.97 Å². The van der Waals surface area contributed by atoms with Crippen molar-refractivity contribution in [2.45, 2.75) is 51.0 Å². The van der Waals surface area contributed by atoms with E-state index in [-0.39, 0.29) is 11.7 Å². The molecule has 210 valence electrons. The molecule has 5 aromatic rings. The van der Waals surface area contributed by atoms with Gasteiger partial charge in [0.25, 0.3) is 0 Å². The second-order valence-corrected chi connectivity index (χ2v) is 10.9. The van der Waals surface area contributed by atoms with Crippen LogP contribution in [0.1, 0.15) is 52.6 Å². The fourth-order valence-electron chi connectivity index (χ4n) is 5.80. The minimum Gasteiger partial charge on any atom is -0.478 e. The summed E-state index contributed by atoms with van der Waals surface area (Å²) in [5, 5.41) is 9.51. The zero-order chi connectivity index (χ0) is 27.8. The van der Waals surface area contributed by atoms with Gasteiger partial charge in [0, 0.05) is 36.0 Å². The summed E-state index contributed by atoms with van der Waals surface area (Å²) >= 11 is 0. The van der Waals surface area contributed by atoms with Crippen LogP contribution in [0.25, 0.3) is 16.6 Å². The summed E-state index contributed by atoms with van der Waals surface area (Å²) in [6.45, 7) is 4.51. The third-order valence-corrected chi connectivity index (χ3v) is 8.23. The summed E-state index contributed by atoms with van der Waals surface area (Å²) in [6.07, 6.45) is 8.82. The van der Waals surface area contributed by atoms with Crippen LogP contribution in [0.15, 0.2) is 67.3 Å². The zero-order valence-corrected chi connectivity index (χ0v) is 22.7. The van der Waals surface area contributed by atoms with Gasteiger partial charge in [-0.1, -0.05) is 12.1 Å². The molecule has 0 amide bonds. The summed E-state index contributed by atoms with van der Waals surface area (Å²) in [4.78, 5) is 27.9. The monoisotopic (exact) mass is 552 g/mol. The van der Waals surface area contributed by atoms with Crippen LogP contribution in [-0.2, 0) is 24.4 Å². The minimum absolute atomic E-state index is 0.153. The van der Waals surface area contributed by atoms with Crippen molar-refractivity contribution in [3.05, 3.63) is 89.9 Å². The van der Waals surface area contributed by atoms with Gasteiger partial charge < -0.3 is 23.5 Å². The number of aromatic carboxylic acids is 1. The minimum atomic E-state index is -0.928. The molecule has 2 fully saturated rings. The molecule has 2 aliphatic rings. The third-order valence-electron chi connectivity index (χ3n) is 8.23. The Hall–Kier alpha value is -4.28. The molecule has 0 saturated carbocycles. The quantitative estimate of drug-likeness (QED) is 0.284. The Morgan fingerprint density at radius 3 is 2.76 bits per heavy atom. The van der Waals surface area contributed by atoms with E-state index in [4.69, 9.17) is 19.4 Å². The predicted molar refractivity (Wildman–Crippen MR) is 152 cm³/mol. The molecule has 0 bridgehead atoms. The number of pyridine rings is 2. The number of hydrogen-bond acceptors (Lipinski definition) is 7. The molecule has 0 radical (unpaired) electrons. The van der Waals surface area contributed by atoms with Gasteiger partial charge in [-0.15, -0.1) is 0 Å². The van der Waals surface area contributed by atoms with Gasteiger partial charge >= 0.3 is 5.97 Å². The number of carboxylic acid groups (broad SMARTS) is 1. The van der Waals surface area contributed by atoms with Crippen LogP contribution >= 0.6 is 0 Å². The Labute approximate surface area is 237 Å². The van der Waals surface area contributed by atoms with Gasteiger partial charge in [-0.2, -0.15) is 0 Å². The highest BCUT2D eigenvalue weighted by Crippen LogP contribution is 2.30. The first-order valence-electron chi connectivity index (χ1n) is 14.2. The van der Waals surface area contributed by atoms with E-state index in [1.54, 1.807) is 18.5 Å². The van der Waals surface area contributed by atoms with Crippen LogP contribution in [0, 0.1) is 0 Å². The first-order valence-corrected chi connectivity index (χ1v) is 14.2. The Kier molecular flexibility index (Phi) is 6.85. The third kappa shape index (κ3) is 5.40. The summed E-state index contributed by atoms with van der Waals surface area (Å²) in [5.41, 5.74) is 5.14. The van der Waals surface area contributed by atoms with Gasteiger partial charge in [-0.25, -0.2) is 19.7 Å². The SMILES string of the molecule is O=C(O)c1ccc2nc(CN3CCC(c4cccc(OCc5ccc6cncn6c5)n4)CC3)n(CC3CCO3)c2c1. The highest BCUT2D eigenvalue weighted by molar-refractivity contribution is 5.92. The van der Waals surface area contributed by atoms with Gasteiger partial charge in [0.05, 0.1) is 53.8 Å². The summed E-state index contributed by atoms with van der Waals surface area (Å²) in [7, 11) is 0. The molecule has 10 nitrogen and oxygen atoms in total.